The van der Waals surface area contributed by atoms with Gasteiger partial charge in [0.2, 0.25) is 0 Å². The van der Waals surface area contributed by atoms with Crippen molar-refractivity contribution in [3.8, 4) is 0 Å². The van der Waals surface area contributed by atoms with E-state index in [1.165, 1.54) is 30.5 Å². The third kappa shape index (κ3) is 2.45. The van der Waals surface area contributed by atoms with Crippen molar-refractivity contribution in [2.24, 2.45) is 0 Å². The van der Waals surface area contributed by atoms with Gasteiger partial charge < -0.3 is 10.0 Å². The van der Waals surface area contributed by atoms with Gasteiger partial charge in [-0.1, -0.05) is 29.8 Å². The van der Waals surface area contributed by atoms with Crippen molar-refractivity contribution < 1.29 is 5.11 Å². The maximum atomic E-state index is 10.8. The Morgan fingerprint density at radius 3 is 3.11 bits per heavy atom. The van der Waals surface area contributed by atoms with Gasteiger partial charge in [-0.05, 0) is 44.7 Å². The van der Waals surface area contributed by atoms with Gasteiger partial charge in [0.1, 0.15) is 0 Å². The number of nitrogens with zero attached hydrogens (tertiary/aromatic N) is 1. The summed E-state index contributed by atoms with van der Waals surface area (Å²) in [5, 5.41) is 10.8. The van der Waals surface area contributed by atoms with E-state index in [1.54, 1.807) is 0 Å². The maximum absolute atomic E-state index is 10.8. The molecule has 2 saturated heterocycles. The lowest BCUT2D eigenvalue weighted by Crippen LogP contribution is -2.48. The van der Waals surface area contributed by atoms with Crippen molar-refractivity contribution in [2.75, 3.05) is 13.1 Å². The second-order valence-corrected chi connectivity index (χ2v) is 6.18. The van der Waals surface area contributed by atoms with Crippen LogP contribution in [0.15, 0.2) is 24.3 Å². The molecular weight excluding hydrogens is 222 g/mol. The Kier molecular flexibility index (Phi) is 3.16. The molecule has 2 nitrogen and oxygen atoms in total. The van der Waals surface area contributed by atoms with Gasteiger partial charge in [-0.2, -0.15) is 0 Å². The number of hydrogen-bond donors (Lipinski definition) is 1. The minimum Gasteiger partial charge on any atom is -0.389 e. The van der Waals surface area contributed by atoms with Crippen LogP contribution >= 0.6 is 0 Å². The fourth-order valence-electron chi connectivity index (χ4n) is 3.68. The molecule has 2 aliphatic rings. The zero-order valence-corrected chi connectivity index (χ0v) is 11.2. The van der Waals surface area contributed by atoms with Gasteiger partial charge in [0, 0.05) is 19.0 Å². The van der Waals surface area contributed by atoms with Gasteiger partial charge in [-0.15, -0.1) is 0 Å². The second kappa shape index (κ2) is 4.67. The Balaban J connectivity index is 1.71. The van der Waals surface area contributed by atoms with E-state index in [-0.39, 0.29) is 0 Å². The molecule has 1 aromatic carbocycles. The molecule has 98 valence electrons. The van der Waals surface area contributed by atoms with Crippen LogP contribution in [0.1, 0.15) is 36.8 Å². The molecule has 2 fully saturated rings. The van der Waals surface area contributed by atoms with E-state index < -0.39 is 5.60 Å². The zero-order valence-electron chi connectivity index (χ0n) is 11.2. The van der Waals surface area contributed by atoms with E-state index in [9.17, 15) is 5.11 Å². The smallest absolute Gasteiger partial charge is 0.0715 e. The van der Waals surface area contributed by atoms with Crippen LogP contribution in [0.5, 0.6) is 0 Å². The van der Waals surface area contributed by atoms with E-state index in [0.29, 0.717) is 6.04 Å². The molecule has 2 heterocycles. The molecule has 18 heavy (non-hydrogen) atoms. The topological polar surface area (TPSA) is 23.5 Å². The minimum absolute atomic E-state index is 0.473. The van der Waals surface area contributed by atoms with Gasteiger partial charge in [-0.3, -0.25) is 0 Å². The lowest BCUT2D eigenvalue weighted by atomic mass is 9.81. The summed E-state index contributed by atoms with van der Waals surface area (Å²) in [4.78, 5) is 2.56. The number of piperidine rings is 1. The number of fused-ring (bicyclic) bond motifs is 1. The summed E-state index contributed by atoms with van der Waals surface area (Å²) >= 11 is 0. The first-order chi connectivity index (χ1) is 8.65. The lowest BCUT2D eigenvalue weighted by Gasteiger charge is -2.41. The van der Waals surface area contributed by atoms with Crippen LogP contribution in [0.3, 0.4) is 0 Å². The van der Waals surface area contributed by atoms with Crippen LogP contribution < -0.4 is 0 Å². The Morgan fingerprint density at radius 1 is 1.39 bits per heavy atom. The van der Waals surface area contributed by atoms with Crippen LogP contribution in [-0.4, -0.2) is 34.7 Å². The Bertz CT molecular complexity index is 431. The fraction of sp³-hybridized carbons (Fsp3) is 0.625. The largest absolute Gasteiger partial charge is 0.389 e. The first kappa shape index (κ1) is 12.2. The SMILES string of the molecule is Cc1cccc(CC2(O)CCN3CCCC3C2)c1. The third-order valence-corrected chi connectivity index (χ3v) is 4.59. The quantitative estimate of drug-likeness (QED) is 0.865. The molecule has 0 saturated carbocycles. The number of aryl methyl sites for hydroxylation is 1. The fourth-order valence-corrected chi connectivity index (χ4v) is 3.68. The summed E-state index contributed by atoms with van der Waals surface area (Å²) in [6.45, 7) is 4.44. The summed E-state index contributed by atoms with van der Waals surface area (Å²) in [5.41, 5.74) is 2.09. The molecule has 0 aromatic heterocycles. The highest BCUT2D eigenvalue weighted by Crippen LogP contribution is 2.35. The highest BCUT2D eigenvalue weighted by Gasteiger charge is 2.39. The first-order valence-electron chi connectivity index (χ1n) is 7.17. The van der Waals surface area contributed by atoms with Gasteiger partial charge in [-0.25, -0.2) is 0 Å². The van der Waals surface area contributed by atoms with Crippen LogP contribution in [0, 0.1) is 6.92 Å². The van der Waals surface area contributed by atoms with Crippen molar-refractivity contribution in [3.05, 3.63) is 35.4 Å². The van der Waals surface area contributed by atoms with Crippen molar-refractivity contribution >= 4 is 0 Å². The van der Waals surface area contributed by atoms with E-state index in [0.717, 1.165) is 25.8 Å². The number of aliphatic hydroxyl groups is 1. The van der Waals surface area contributed by atoms with Crippen LogP contribution in [-0.2, 0) is 6.42 Å². The second-order valence-electron chi connectivity index (χ2n) is 6.18. The summed E-state index contributed by atoms with van der Waals surface area (Å²) in [7, 11) is 0. The number of rotatable bonds is 2. The third-order valence-electron chi connectivity index (χ3n) is 4.59. The highest BCUT2D eigenvalue weighted by molar-refractivity contribution is 5.24. The van der Waals surface area contributed by atoms with Gasteiger partial charge >= 0.3 is 0 Å². The molecule has 2 aliphatic heterocycles. The van der Waals surface area contributed by atoms with Crippen LogP contribution in [0.2, 0.25) is 0 Å². The van der Waals surface area contributed by atoms with E-state index in [1.807, 2.05) is 0 Å². The van der Waals surface area contributed by atoms with Gasteiger partial charge in [0.25, 0.3) is 0 Å². The molecule has 0 radical (unpaired) electrons. The van der Waals surface area contributed by atoms with E-state index in [4.69, 9.17) is 0 Å². The average Bonchev–Trinajstić information content (AvgIpc) is 2.75. The average molecular weight is 245 g/mol. The molecular formula is C16H23NO. The maximum Gasteiger partial charge on any atom is 0.0715 e. The zero-order chi connectivity index (χ0) is 12.6. The molecule has 0 bridgehead atoms. The monoisotopic (exact) mass is 245 g/mol. The molecule has 3 rings (SSSR count). The molecule has 1 aromatic rings. The van der Waals surface area contributed by atoms with Crippen LogP contribution in [0.4, 0.5) is 0 Å². The molecule has 2 unspecified atom stereocenters. The van der Waals surface area contributed by atoms with E-state index in [2.05, 4.69) is 36.1 Å². The molecule has 2 atom stereocenters. The van der Waals surface area contributed by atoms with Crippen molar-refractivity contribution in [1.29, 1.82) is 0 Å². The predicted molar refractivity (Wildman–Crippen MR) is 73.7 cm³/mol. The predicted octanol–water partition coefficient (Wildman–Crippen LogP) is 2.53. The Labute approximate surface area is 110 Å². The van der Waals surface area contributed by atoms with Crippen molar-refractivity contribution in [1.82, 2.24) is 4.90 Å². The summed E-state index contributed by atoms with van der Waals surface area (Å²) in [6.07, 6.45) is 5.29. The van der Waals surface area contributed by atoms with Crippen molar-refractivity contribution in [3.63, 3.8) is 0 Å². The standard InChI is InChI=1S/C16H23NO/c1-13-4-2-5-14(10-13)11-16(18)7-9-17-8-3-6-15(17)12-16/h2,4-5,10,15,18H,3,6-9,11-12H2,1H3. The van der Waals surface area contributed by atoms with Crippen molar-refractivity contribution in [2.45, 2.75) is 50.7 Å². The van der Waals surface area contributed by atoms with Crippen LogP contribution in [0.25, 0.3) is 0 Å². The van der Waals surface area contributed by atoms with E-state index >= 15 is 0 Å². The molecule has 1 N–H and O–H groups in total. The van der Waals surface area contributed by atoms with Gasteiger partial charge in [0.05, 0.1) is 5.60 Å². The summed E-state index contributed by atoms with van der Waals surface area (Å²) in [5.74, 6) is 0. The number of benzene rings is 1. The minimum atomic E-state index is -0.473. The lowest BCUT2D eigenvalue weighted by molar-refractivity contribution is -0.0354. The summed E-state index contributed by atoms with van der Waals surface area (Å²) < 4.78 is 0. The molecule has 0 amide bonds. The highest BCUT2D eigenvalue weighted by atomic mass is 16.3. The van der Waals surface area contributed by atoms with Gasteiger partial charge in [0.15, 0.2) is 0 Å². The molecule has 2 heteroatoms. The summed E-state index contributed by atoms with van der Waals surface area (Å²) in [6, 6.07) is 9.20. The normalized spacial score (nSPS) is 32.4. The molecule has 0 aliphatic carbocycles. The Morgan fingerprint density at radius 2 is 2.28 bits per heavy atom. The first-order valence-corrected chi connectivity index (χ1v) is 7.17. The Hall–Kier alpha value is -0.860. The molecule has 0 spiro atoms. The number of hydrogen-bond acceptors (Lipinski definition) is 2.